The average molecular weight is 352 g/mol. The molecule has 1 atom stereocenters. The van der Waals surface area contributed by atoms with Crippen LogP contribution >= 0.6 is 0 Å². The number of amides is 1. The van der Waals surface area contributed by atoms with Crippen molar-refractivity contribution in [1.82, 2.24) is 10.2 Å². The van der Waals surface area contributed by atoms with Gasteiger partial charge in [-0.3, -0.25) is 9.69 Å². The molecule has 1 aliphatic rings. The summed E-state index contributed by atoms with van der Waals surface area (Å²) in [6, 6.07) is 17.9. The molecular formula is C22H28N2O2. The van der Waals surface area contributed by atoms with Crippen LogP contribution in [-0.2, 0) is 17.9 Å². The summed E-state index contributed by atoms with van der Waals surface area (Å²) in [7, 11) is 0. The van der Waals surface area contributed by atoms with Crippen LogP contribution in [-0.4, -0.2) is 30.0 Å². The highest BCUT2D eigenvalue weighted by atomic mass is 16.5. The van der Waals surface area contributed by atoms with Crippen molar-refractivity contribution in [3.63, 3.8) is 0 Å². The Balaban J connectivity index is 1.49. The van der Waals surface area contributed by atoms with Crippen LogP contribution < -0.4 is 10.1 Å². The van der Waals surface area contributed by atoms with Crippen LogP contribution in [0.1, 0.15) is 37.3 Å². The Morgan fingerprint density at radius 3 is 2.54 bits per heavy atom. The van der Waals surface area contributed by atoms with E-state index in [1.165, 1.54) is 37.9 Å². The standard InChI is InChI=1S/C22H28N2O2/c1-18(26-21-11-4-2-5-12-21)22(25)23-16-19-9-8-10-20(15-19)17-24-13-6-3-7-14-24/h2,4-5,8-12,15,18H,3,6-7,13-14,16-17H2,1H3,(H,23,25)/t18-/m1/s1. The molecule has 0 aliphatic carbocycles. The predicted molar refractivity (Wildman–Crippen MR) is 104 cm³/mol. The number of para-hydroxylation sites is 1. The molecule has 0 radical (unpaired) electrons. The molecule has 1 saturated heterocycles. The van der Waals surface area contributed by atoms with Gasteiger partial charge in [0, 0.05) is 13.1 Å². The van der Waals surface area contributed by atoms with E-state index in [2.05, 4.69) is 34.5 Å². The van der Waals surface area contributed by atoms with Crippen molar-refractivity contribution in [2.75, 3.05) is 13.1 Å². The molecule has 3 rings (SSSR count). The van der Waals surface area contributed by atoms with Gasteiger partial charge >= 0.3 is 0 Å². The third-order valence-corrected chi connectivity index (χ3v) is 4.74. The fourth-order valence-corrected chi connectivity index (χ4v) is 3.30. The second kappa shape index (κ2) is 9.39. The number of benzene rings is 2. The lowest BCUT2D eigenvalue weighted by Gasteiger charge is -2.26. The number of nitrogens with one attached hydrogen (secondary N) is 1. The minimum atomic E-state index is -0.520. The van der Waals surface area contributed by atoms with Gasteiger partial charge in [0.2, 0.25) is 0 Å². The summed E-state index contributed by atoms with van der Waals surface area (Å²) in [6.07, 6.45) is 3.43. The van der Waals surface area contributed by atoms with Gasteiger partial charge in [0.1, 0.15) is 5.75 Å². The lowest BCUT2D eigenvalue weighted by Crippen LogP contribution is -2.35. The molecule has 0 bridgehead atoms. The van der Waals surface area contributed by atoms with Gasteiger partial charge in [0.05, 0.1) is 0 Å². The second-order valence-corrected chi connectivity index (χ2v) is 6.95. The van der Waals surface area contributed by atoms with E-state index < -0.39 is 6.10 Å². The average Bonchev–Trinajstić information content (AvgIpc) is 2.68. The number of rotatable bonds is 7. The summed E-state index contributed by atoms with van der Waals surface area (Å²) in [5.74, 6) is 0.606. The van der Waals surface area contributed by atoms with E-state index in [1.807, 2.05) is 30.3 Å². The summed E-state index contributed by atoms with van der Waals surface area (Å²) in [4.78, 5) is 14.8. The van der Waals surface area contributed by atoms with Gasteiger partial charge in [-0.1, -0.05) is 48.9 Å². The van der Waals surface area contributed by atoms with E-state index in [-0.39, 0.29) is 5.91 Å². The Hall–Kier alpha value is -2.33. The van der Waals surface area contributed by atoms with Crippen LogP contribution in [0.2, 0.25) is 0 Å². The third kappa shape index (κ3) is 5.60. The fourth-order valence-electron chi connectivity index (χ4n) is 3.30. The monoisotopic (exact) mass is 352 g/mol. The Labute approximate surface area is 156 Å². The summed E-state index contributed by atoms with van der Waals surface area (Å²) < 4.78 is 5.67. The summed E-state index contributed by atoms with van der Waals surface area (Å²) in [5, 5.41) is 2.97. The molecule has 1 fully saturated rings. The zero-order valence-corrected chi connectivity index (χ0v) is 15.5. The molecule has 1 aliphatic heterocycles. The van der Waals surface area contributed by atoms with Gasteiger partial charge in [-0.25, -0.2) is 0 Å². The molecule has 0 spiro atoms. The van der Waals surface area contributed by atoms with Crippen LogP contribution in [0.15, 0.2) is 54.6 Å². The Kier molecular flexibility index (Phi) is 6.67. The number of piperidine rings is 1. The Bertz CT molecular complexity index is 696. The molecule has 0 saturated carbocycles. The number of likely N-dealkylation sites (tertiary alicyclic amines) is 1. The normalized spacial score (nSPS) is 16.0. The number of carbonyl (C=O) groups is 1. The molecule has 0 unspecified atom stereocenters. The van der Waals surface area contributed by atoms with Gasteiger partial charge < -0.3 is 10.1 Å². The zero-order chi connectivity index (χ0) is 18.2. The minimum absolute atomic E-state index is 0.102. The molecule has 0 aromatic heterocycles. The van der Waals surface area contributed by atoms with Crippen LogP contribution in [0.3, 0.4) is 0 Å². The highest BCUT2D eigenvalue weighted by Crippen LogP contribution is 2.14. The molecule has 138 valence electrons. The molecule has 26 heavy (non-hydrogen) atoms. The maximum Gasteiger partial charge on any atom is 0.261 e. The lowest BCUT2D eigenvalue weighted by molar-refractivity contribution is -0.127. The minimum Gasteiger partial charge on any atom is -0.481 e. The molecular weight excluding hydrogens is 324 g/mol. The van der Waals surface area contributed by atoms with E-state index in [1.54, 1.807) is 6.92 Å². The maximum absolute atomic E-state index is 12.3. The molecule has 2 aromatic carbocycles. The Morgan fingerprint density at radius 2 is 1.77 bits per heavy atom. The van der Waals surface area contributed by atoms with E-state index in [4.69, 9.17) is 4.74 Å². The molecule has 4 nitrogen and oxygen atoms in total. The maximum atomic E-state index is 12.3. The predicted octanol–water partition coefficient (Wildman–Crippen LogP) is 3.76. The van der Waals surface area contributed by atoms with Gasteiger partial charge in [-0.15, -0.1) is 0 Å². The van der Waals surface area contributed by atoms with E-state index in [0.717, 1.165) is 12.1 Å². The Morgan fingerprint density at radius 1 is 1.04 bits per heavy atom. The van der Waals surface area contributed by atoms with E-state index in [0.29, 0.717) is 12.3 Å². The van der Waals surface area contributed by atoms with Crippen LogP contribution in [0.25, 0.3) is 0 Å². The number of hydrogen-bond acceptors (Lipinski definition) is 3. The molecule has 1 heterocycles. The first kappa shape index (κ1) is 18.5. The van der Waals surface area contributed by atoms with Gasteiger partial charge in [0.25, 0.3) is 5.91 Å². The smallest absolute Gasteiger partial charge is 0.261 e. The largest absolute Gasteiger partial charge is 0.481 e. The third-order valence-electron chi connectivity index (χ3n) is 4.74. The zero-order valence-electron chi connectivity index (χ0n) is 15.5. The fraction of sp³-hybridized carbons (Fsp3) is 0.409. The van der Waals surface area contributed by atoms with Crippen LogP contribution in [0.4, 0.5) is 0 Å². The van der Waals surface area contributed by atoms with Crippen molar-refractivity contribution in [3.8, 4) is 5.75 Å². The second-order valence-electron chi connectivity index (χ2n) is 6.95. The first-order chi connectivity index (χ1) is 12.7. The molecule has 1 N–H and O–H groups in total. The number of ether oxygens (including phenoxy) is 1. The van der Waals surface area contributed by atoms with Crippen molar-refractivity contribution in [3.05, 3.63) is 65.7 Å². The summed E-state index contributed by atoms with van der Waals surface area (Å²) in [6.45, 7) is 5.67. The lowest BCUT2D eigenvalue weighted by atomic mass is 10.1. The molecule has 1 amide bonds. The highest BCUT2D eigenvalue weighted by Gasteiger charge is 2.14. The highest BCUT2D eigenvalue weighted by molar-refractivity contribution is 5.80. The van der Waals surface area contributed by atoms with Crippen LogP contribution in [0.5, 0.6) is 5.75 Å². The van der Waals surface area contributed by atoms with Crippen molar-refractivity contribution in [2.24, 2.45) is 0 Å². The van der Waals surface area contributed by atoms with Crippen molar-refractivity contribution < 1.29 is 9.53 Å². The van der Waals surface area contributed by atoms with Crippen molar-refractivity contribution >= 4 is 5.91 Å². The molecule has 2 aromatic rings. The molecule has 4 heteroatoms. The number of hydrogen-bond donors (Lipinski definition) is 1. The van der Waals surface area contributed by atoms with Crippen molar-refractivity contribution in [1.29, 1.82) is 0 Å². The van der Waals surface area contributed by atoms with Gasteiger partial charge in [0.15, 0.2) is 6.10 Å². The summed E-state index contributed by atoms with van der Waals surface area (Å²) in [5.41, 5.74) is 2.44. The van der Waals surface area contributed by atoms with Gasteiger partial charge in [-0.05, 0) is 56.1 Å². The quantitative estimate of drug-likeness (QED) is 0.825. The van der Waals surface area contributed by atoms with E-state index in [9.17, 15) is 4.79 Å². The van der Waals surface area contributed by atoms with Gasteiger partial charge in [-0.2, -0.15) is 0 Å². The van der Waals surface area contributed by atoms with Crippen molar-refractivity contribution in [2.45, 2.75) is 45.4 Å². The number of nitrogens with zero attached hydrogens (tertiary/aromatic N) is 1. The summed E-state index contributed by atoms with van der Waals surface area (Å²) >= 11 is 0. The van der Waals surface area contributed by atoms with E-state index >= 15 is 0 Å². The SMILES string of the molecule is C[C@@H](Oc1ccccc1)C(=O)NCc1cccc(CN2CCCCC2)c1. The van der Waals surface area contributed by atoms with Crippen LogP contribution in [0, 0.1) is 0 Å². The first-order valence-corrected chi connectivity index (χ1v) is 9.50. The number of carbonyl (C=O) groups excluding carboxylic acids is 1. The topological polar surface area (TPSA) is 41.6 Å². The first-order valence-electron chi connectivity index (χ1n) is 9.50.